The minimum atomic E-state index is -1.06. The Labute approximate surface area is 140 Å². The summed E-state index contributed by atoms with van der Waals surface area (Å²) >= 11 is 0. The molecule has 0 spiro atoms. The molecular weight excluding hydrogens is 306 g/mol. The molecule has 5 nitrogen and oxygen atoms in total. The first-order valence-electron chi connectivity index (χ1n) is 7.25. The van der Waals surface area contributed by atoms with Gasteiger partial charge in [0.25, 0.3) is 0 Å². The van der Waals surface area contributed by atoms with E-state index in [-0.39, 0.29) is 0 Å². The first-order chi connectivity index (χ1) is 11.5. The summed E-state index contributed by atoms with van der Waals surface area (Å²) in [6.07, 6.45) is 1.74. The van der Waals surface area contributed by atoms with Crippen molar-refractivity contribution in [3.8, 4) is 17.6 Å². The van der Waals surface area contributed by atoms with E-state index >= 15 is 0 Å². The number of nitrogens with zero attached hydrogens (tertiary/aromatic N) is 1. The van der Waals surface area contributed by atoms with Gasteiger partial charge in [-0.2, -0.15) is 5.26 Å². The largest absolute Gasteiger partial charge is 0.493 e. The Kier molecular flexibility index (Phi) is 5.58. The van der Waals surface area contributed by atoms with Crippen molar-refractivity contribution in [3.05, 3.63) is 59.2 Å². The normalized spacial score (nSPS) is 10.8. The molecule has 24 heavy (non-hydrogen) atoms. The Morgan fingerprint density at radius 3 is 2.50 bits per heavy atom. The van der Waals surface area contributed by atoms with Crippen LogP contribution in [0, 0.1) is 18.3 Å². The molecule has 2 rings (SSSR count). The Morgan fingerprint density at radius 2 is 1.92 bits per heavy atom. The van der Waals surface area contributed by atoms with Gasteiger partial charge >= 0.3 is 5.97 Å². The lowest BCUT2D eigenvalue weighted by Gasteiger charge is -2.10. The average Bonchev–Trinajstić information content (AvgIpc) is 2.59. The van der Waals surface area contributed by atoms with Gasteiger partial charge in [-0.1, -0.05) is 35.9 Å². The van der Waals surface area contributed by atoms with Crippen molar-refractivity contribution in [3.63, 3.8) is 0 Å². The van der Waals surface area contributed by atoms with Crippen LogP contribution >= 0.6 is 0 Å². The van der Waals surface area contributed by atoms with Crippen molar-refractivity contribution in [2.24, 2.45) is 0 Å². The van der Waals surface area contributed by atoms with Crippen LogP contribution in [-0.2, 0) is 4.79 Å². The third-order valence-corrected chi connectivity index (χ3v) is 3.33. The molecular formula is C19H17NO4. The molecule has 0 saturated heterocycles. The molecule has 0 radical (unpaired) electrons. The molecule has 0 aliphatic rings. The van der Waals surface area contributed by atoms with Gasteiger partial charge in [-0.05, 0) is 36.3 Å². The molecule has 0 unspecified atom stereocenters. The number of methoxy groups -OCH3 is 1. The van der Waals surface area contributed by atoms with E-state index in [1.807, 2.05) is 31.2 Å². The van der Waals surface area contributed by atoms with Crippen molar-refractivity contribution in [1.29, 1.82) is 5.26 Å². The van der Waals surface area contributed by atoms with E-state index in [9.17, 15) is 10.1 Å². The number of carboxylic acids is 1. The van der Waals surface area contributed by atoms with Crippen LogP contribution in [0.25, 0.3) is 11.6 Å². The van der Waals surface area contributed by atoms with Crippen molar-refractivity contribution >= 4 is 17.6 Å². The van der Waals surface area contributed by atoms with Gasteiger partial charge in [-0.15, -0.1) is 0 Å². The van der Waals surface area contributed by atoms with Crippen molar-refractivity contribution in [1.82, 2.24) is 0 Å². The zero-order valence-corrected chi connectivity index (χ0v) is 13.4. The standard InChI is InChI=1S/C19H17NO4/c1-13-3-6-15(7-4-13)16(11-20)9-14-5-8-17(18(10-14)23-2)24-12-19(21)22/h3-10H,12H2,1-2H3,(H,21,22)/b16-9+. The van der Waals surface area contributed by atoms with Crippen LogP contribution in [0.4, 0.5) is 0 Å². The van der Waals surface area contributed by atoms with Crippen LogP contribution in [0.5, 0.6) is 11.5 Å². The van der Waals surface area contributed by atoms with Crippen LogP contribution in [-0.4, -0.2) is 24.8 Å². The maximum absolute atomic E-state index is 10.6. The second-order valence-electron chi connectivity index (χ2n) is 5.13. The van der Waals surface area contributed by atoms with E-state index in [1.54, 1.807) is 24.3 Å². The highest BCUT2D eigenvalue weighted by Crippen LogP contribution is 2.29. The molecule has 5 heteroatoms. The number of hydrogen-bond donors (Lipinski definition) is 1. The SMILES string of the molecule is COc1cc(/C=C(\C#N)c2ccc(C)cc2)ccc1OCC(=O)O. The van der Waals surface area contributed by atoms with E-state index in [1.165, 1.54) is 7.11 Å². The highest BCUT2D eigenvalue weighted by atomic mass is 16.5. The summed E-state index contributed by atoms with van der Waals surface area (Å²) in [6, 6.07) is 14.9. The van der Waals surface area contributed by atoms with Crippen LogP contribution in [0.15, 0.2) is 42.5 Å². The van der Waals surface area contributed by atoms with E-state index in [2.05, 4.69) is 6.07 Å². The van der Waals surface area contributed by atoms with Gasteiger partial charge in [-0.3, -0.25) is 0 Å². The first kappa shape index (κ1) is 17.1. The van der Waals surface area contributed by atoms with Crippen LogP contribution in [0.2, 0.25) is 0 Å². The molecule has 0 fully saturated rings. The summed E-state index contributed by atoms with van der Waals surface area (Å²) in [7, 11) is 1.47. The van der Waals surface area contributed by atoms with E-state index in [0.29, 0.717) is 17.1 Å². The zero-order chi connectivity index (χ0) is 17.5. The monoisotopic (exact) mass is 323 g/mol. The molecule has 0 amide bonds. The summed E-state index contributed by atoms with van der Waals surface area (Å²) in [4.78, 5) is 10.6. The maximum atomic E-state index is 10.6. The number of benzene rings is 2. The Hall–Kier alpha value is -3.26. The van der Waals surface area contributed by atoms with Gasteiger partial charge in [0.1, 0.15) is 0 Å². The number of carbonyl (C=O) groups is 1. The Balaban J connectivity index is 2.32. The molecule has 0 atom stereocenters. The van der Waals surface area contributed by atoms with Gasteiger partial charge in [-0.25, -0.2) is 4.79 Å². The number of carboxylic acid groups (broad SMARTS) is 1. The van der Waals surface area contributed by atoms with Crippen molar-refractivity contribution in [2.75, 3.05) is 13.7 Å². The number of allylic oxidation sites excluding steroid dienone is 1. The lowest BCUT2D eigenvalue weighted by molar-refractivity contribution is -0.139. The summed E-state index contributed by atoms with van der Waals surface area (Å²) in [5, 5.41) is 18.1. The number of hydrogen-bond acceptors (Lipinski definition) is 4. The highest BCUT2D eigenvalue weighted by molar-refractivity contribution is 5.89. The van der Waals surface area contributed by atoms with Gasteiger partial charge < -0.3 is 14.6 Å². The third kappa shape index (κ3) is 4.37. The first-order valence-corrected chi connectivity index (χ1v) is 7.25. The van der Waals surface area contributed by atoms with Gasteiger partial charge in [0.05, 0.1) is 18.8 Å². The quantitative estimate of drug-likeness (QED) is 0.650. The number of aryl methyl sites for hydroxylation is 1. The van der Waals surface area contributed by atoms with E-state index < -0.39 is 12.6 Å². The highest BCUT2D eigenvalue weighted by Gasteiger charge is 2.08. The summed E-state index contributed by atoms with van der Waals surface area (Å²) < 4.78 is 10.4. The number of aliphatic carboxylic acids is 1. The zero-order valence-electron chi connectivity index (χ0n) is 13.4. The maximum Gasteiger partial charge on any atom is 0.341 e. The van der Waals surface area contributed by atoms with Gasteiger partial charge in [0, 0.05) is 0 Å². The van der Waals surface area contributed by atoms with Crippen LogP contribution < -0.4 is 9.47 Å². The molecule has 0 saturated carbocycles. The predicted molar refractivity (Wildman–Crippen MR) is 90.8 cm³/mol. The van der Waals surface area contributed by atoms with Gasteiger partial charge in [0.15, 0.2) is 18.1 Å². The predicted octanol–water partition coefficient (Wildman–Crippen LogP) is 3.53. The van der Waals surface area contributed by atoms with Gasteiger partial charge in [0.2, 0.25) is 0 Å². The fourth-order valence-electron chi connectivity index (χ4n) is 2.11. The molecule has 2 aromatic rings. The van der Waals surface area contributed by atoms with Crippen LogP contribution in [0.3, 0.4) is 0 Å². The minimum Gasteiger partial charge on any atom is -0.493 e. The molecule has 0 aliphatic carbocycles. The number of nitriles is 1. The average molecular weight is 323 g/mol. The smallest absolute Gasteiger partial charge is 0.341 e. The number of ether oxygens (including phenoxy) is 2. The second kappa shape index (κ2) is 7.84. The third-order valence-electron chi connectivity index (χ3n) is 3.33. The number of rotatable bonds is 6. The molecule has 0 bridgehead atoms. The van der Waals surface area contributed by atoms with E-state index in [4.69, 9.17) is 14.6 Å². The second-order valence-corrected chi connectivity index (χ2v) is 5.13. The molecule has 0 aromatic heterocycles. The van der Waals surface area contributed by atoms with Crippen molar-refractivity contribution in [2.45, 2.75) is 6.92 Å². The molecule has 122 valence electrons. The van der Waals surface area contributed by atoms with E-state index in [0.717, 1.165) is 16.7 Å². The molecule has 2 aromatic carbocycles. The summed E-state index contributed by atoms with van der Waals surface area (Å²) in [5.41, 5.74) is 3.23. The summed E-state index contributed by atoms with van der Waals surface area (Å²) in [5.74, 6) is -0.316. The Morgan fingerprint density at radius 1 is 1.21 bits per heavy atom. The lowest BCUT2D eigenvalue weighted by atomic mass is 10.0. The van der Waals surface area contributed by atoms with Crippen LogP contribution in [0.1, 0.15) is 16.7 Å². The summed E-state index contributed by atoms with van der Waals surface area (Å²) in [6.45, 7) is 1.54. The lowest BCUT2D eigenvalue weighted by Crippen LogP contribution is -2.10. The fourth-order valence-corrected chi connectivity index (χ4v) is 2.11. The fraction of sp³-hybridized carbons (Fsp3) is 0.158. The molecule has 0 heterocycles. The topological polar surface area (TPSA) is 79.5 Å². The molecule has 1 N–H and O–H groups in total. The van der Waals surface area contributed by atoms with Crippen molar-refractivity contribution < 1.29 is 19.4 Å². The minimum absolute atomic E-state index is 0.339. The Bertz CT molecular complexity index is 801. The molecule has 0 aliphatic heterocycles.